The Hall–Kier alpha value is -0.0800. The second-order valence-electron chi connectivity index (χ2n) is 4.20. The second-order valence-corrected chi connectivity index (χ2v) is 4.20. The Bertz CT molecular complexity index is 104. The minimum absolute atomic E-state index is 0.717. The van der Waals surface area contributed by atoms with Gasteiger partial charge in [0.1, 0.15) is 0 Å². The number of rotatable bonds is 3. The molecule has 1 aliphatic heterocycles. The van der Waals surface area contributed by atoms with Crippen molar-refractivity contribution in [3.05, 3.63) is 0 Å². The van der Waals surface area contributed by atoms with E-state index in [-0.39, 0.29) is 0 Å². The smallest absolute Gasteiger partial charge is 0.0192 e. The normalized spacial score (nSPS) is 25.8. The molecular weight excluding hydrogens is 148 g/mol. The molecule has 1 rings (SSSR count). The summed E-state index contributed by atoms with van der Waals surface area (Å²) in [5.74, 6) is 0.772. The van der Waals surface area contributed by atoms with E-state index >= 15 is 0 Å². The van der Waals surface area contributed by atoms with Crippen LogP contribution in [0.5, 0.6) is 0 Å². The fourth-order valence-corrected chi connectivity index (χ4v) is 1.60. The molecule has 1 atom stereocenters. The highest BCUT2D eigenvalue weighted by atomic mass is 15.0. The maximum atomic E-state index is 3.60. The van der Waals surface area contributed by atoms with Crippen molar-refractivity contribution in [1.29, 1.82) is 0 Å². The molecule has 0 saturated carbocycles. The van der Waals surface area contributed by atoms with Crippen molar-refractivity contribution in [2.75, 3.05) is 19.6 Å². The molecule has 0 aromatic heterocycles. The summed E-state index contributed by atoms with van der Waals surface area (Å²) in [5.41, 5.74) is 0. The van der Waals surface area contributed by atoms with Gasteiger partial charge in [0.15, 0.2) is 0 Å². The molecule has 2 N–H and O–H groups in total. The van der Waals surface area contributed by atoms with Gasteiger partial charge in [-0.1, -0.05) is 20.3 Å². The van der Waals surface area contributed by atoms with Crippen molar-refractivity contribution in [3.63, 3.8) is 0 Å². The monoisotopic (exact) mass is 170 g/mol. The van der Waals surface area contributed by atoms with Gasteiger partial charge >= 0.3 is 0 Å². The first-order chi connectivity index (χ1) is 5.79. The van der Waals surface area contributed by atoms with Crippen LogP contribution in [-0.4, -0.2) is 25.7 Å². The molecule has 2 heteroatoms. The van der Waals surface area contributed by atoms with Gasteiger partial charge in [-0.15, -0.1) is 0 Å². The van der Waals surface area contributed by atoms with Crippen LogP contribution in [0, 0.1) is 5.92 Å². The van der Waals surface area contributed by atoms with Gasteiger partial charge in [0.2, 0.25) is 0 Å². The molecule has 12 heavy (non-hydrogen) atoms. The van der Waals surface area contributed by atoms with Crippen LogP contribution >= 0.6 is 0 Å². The van der Waals surface area contributed by atoms with Gasteiger partial charge in [0.05, 0.1) is 0 Å². The molecule has 0 aromatic carbocycles. The lowest BCUT2D eigenvalue weighted by Gasteiger charge is -2.17. The molecule has 0 radical (unpaired) electrons. The van der Waals surface area contributed by atoms with E-state index in [0.29, 0.717) is 0 Å². The minimum Gasteiger partial charge on any atom is -0.315 e. The summed E-state index contributed by atoms with van der Waals surface area (Å²) < 4.78 is 0. The highest BCUT2D eigenvalue weighted by Gasteiger charge is 2.10. The maximum Gasteiger partial charge on any atom is 0.0192 e. The molecule has 0 spiro atoms. The van der Waals surface area contributed by atoms with Crippen molar-refractivity contribution in [2.45, 2.75) is 39.2 Å². The molecule has 1 fully saturated rings. The SMILES string of the molecule is CC(C)CNC1CCCCNC1. The Balaban J connectivity index is 2.12. The lowest BCUT2D eigenvalue weighted by molar-refractivity contribution is 0.437. The van der Waals surface area contributed by atoms with E-state index in [1.165, 1.54) is 25.8 Å². The Morgan fingerprint density at radius 2 is 2.25 bits per heavy atom. The molecule has 0 aromatic rings. The fourth-order valence-electron chi connectivity index (χ4n) is 1.60. The minimum atomic E-state index is 0.717. The zero-order valence-corrected chi connectivity index (χ0v) is 8.40. The van der Waals surface area contributed by atoms with Crippen molar-refractivity contribution in [2.24, 2.45) is 5.92 Å². The Labute approximate surface area is 76.1 Å². The second kappa shape index (κ2) is 5.55. The molecular formula is C10H22N2. The molecule has 1 aliphatic rings. The van der Waals surface area contributed by atoms with Crippen LogP contribution in [0.2, 0.25) is 0 Å². The number of hydrogen-bond acceptors (Lipinski definition) is 2. The summed E-state index contributed by atoms with van der Waals surface area (Å²) in [6, 6.07) is 0.717. The third kappa shape index (κ3) is 4.07. The van der Waals surface area contributed by atoms with Gasteiger partial charge < -0.3 is 10.6 Å². The molecule has 72 valence electrons. The van der Waals surface area contributed by atoms with Crippen molar-refractivity contribution >= 4 is 0 Å². The average molecular weight is 170 g/mol. The first kappa shape index (κ1) is 10.0. The van der Waals surface area contributed by atoms with Gasteiger partial charge in [-0.3, -0.25) is 0 Å². The van der Waals surface area contributed by atoms with E-state index in [2.05, 4.69) is 24.5 Å². The van der Waals surface area contributed by atoms with Gasteiger partial charge in [0, 0.05) is 12.6 Å². The molecule has 0 bridgehead atoms. The van der Waals surface area contributed by atoms with Crippen molar-refractivity contribution in [1.82, 2.24) is 10.6 Å². The zero-order valence-electron chi connectivity index (χ0n) is 8.40. The standard InChI is InChI=1S/C10H22N2/c1-9(2)7-12-10-5-3-4-6-11-8-10/h9-12H,3-8H2,1-2H3. The molecule has 2 nitrogen and oxygen atoms in total. The Morgan fingerprint density at radius 3 is 3.00 bits per heavy atom. The van der Waals surface area contributed by atoms with E-state index in [9.17, 15) is 0 Å². The highest BCUT2D eigenvalue weighted by Crippen LogP contribution is 2.04. The zero-order chi connectivity index (χ0) is 8.81. The first-order valence-electron chi connectivity index (χ1n) is 5.23. The fraction of sp³-hybridized carbons (Fsp3) is 1.00. The molecule has 1 unspecified atom stereocenters. The van der Waals surface area contributed by atoms with E-state index in [0.717, 1.165) is 25.0 Å². The number of hydrogen-bond donors (Lipinski definition) is 2. The maximum absolute atomic E-state index is 3.60. The molecule has 1 heterocycles. The van der Waals surface area contributed by atoms with Crippen LogP contribution in [0.1, 0.15) is 33.1 Å². The first-order valence-corrected chi connectivity index (χ1v) is 5.23. The molecule has 0 aliphatic carbocycles. The van der Waals surface area contributed by atoms with Crippen LogP contribution in [-0.2, 0) is 0 Å². The van der Waals surface area contributed by atoms with Gasteiger partial charge in [0.25, 0.3) is 0 Å². The van der Waals surface area contributed by atoms with Crippen LogP contribution < -0.4 is 10.6 Å². The summed E-state index contributed by atoms with van der Waals surface area (Å²) in [6.07, 6.45) is 4.07. The van der Waals surface area contributed by atoms with Crippen LogP contribution in [0.3, 0.4) is 0 Å². The summed E-state index contributed by atoms with van der Waals surface area (Å²) in [7, 11) is 0. The Morgan fingerprint density at radius 1 is 1.42 bits per heavy atom. The van der Waals surface area contributed by atoms with Gasteiger partial charge in [-0.2, -0.15) is 0 Å². The van der Waals surface area contributed by atoms with E-state index in [4.69, 9.17) is 0 Å². The predicted octanol–water partition coefficient (Wildman–Crippen LogP) is 1.37. The summed E-state index contributed by atoms with van der Waals surface area (Å²) >= 11 is 0. The molecule has 0 amide bonds. The highest BCUT2D eigenvalue weighted by molar-refractivity contribution is 4.73. The topological polar surface area (TPSA) is 24.1 Å². The lowest BCUT2D eigenvalue weighted by Crippen LogP contribution is -2.38. The van der Waals surface area contributed by atoms with Crippen molar-refractivity contribution in [3.8, 4) is 0 Å². The van der Waals surface area contributed by atoms with E-state index in [1.54, 1.807) is 0 Å². The van der Waals surface area contributed by atoms with Crippen LogP contribution in [0.15, 0.2) is 0 Å². The molecule has 1 saturated heterocycles. The summed E-state index contributed by atoms with van der Waals surface area (Å²) in [5, 5.41) is 7.06. The van der Waals surface area contributed by atoms with Gasteiger partial charge in [-0.25, -0.2) is 0 Å². The van der Waals surface area contributed by atoms with Gasteiger partial charge in [-0.05, 0) is 31.8 Å². The quantitative estimate of drug-likeness (QED) is 0.668. The van der Waals surface area contributed by atoms with E-state index in [1.807, 2.05) is 0 Å². The third-order valence-corrected chi connectivity index (χ3v) is 2.36. The van der Waals surface area contributed by atoms with Crippen molar-refractivity contribution < 1.29 is 0 Å². The lowest BCUT2D eigenvalue weighted by atomic mass is 10.1. The van der Waals surface area contributed by atoms with E-state index < -0.39 is 0 Å². The summed E-state index contributed by atoms with van der Waals surface area (Å²) in [6.45, 7) is 8.05. The van der Waals surface area contributed by atoms with Crippen LogP contribution in [0.4, 0.5) is 0 Å². The predicted molar refractivity (Wildman–Crippen MR) is 53.3 cm³/mol. The summed E-state index contributed by atoms with van der Waals surface area (Å²) in [4.78, 5) is 0. The average Bonchev–Trinajstić information content (AvgIpc) is 2.28. The Kier molecular flexibility index (Phi) is 4.62. The third-order valence-electron chi connectivity index (χ3n) is 2.36. The number of nitrogens with one attached hydrogen (secondary N) is 2. The van der Waals surface area contributed by atoms with Crippen LogP contribution in [0.25, 0.3) is 0 Å². The largest absolute Gasteiger partial charge is 0.315 e.